The van der Waals surface area contributed by atoms with Gasteiger partial charge >= 0.3 is 18.6 Å². The molecule has 1 saturated carbocycles. The number of nitrogens with one attached hydrogen (secondary N) is 1. The lowest BCUT2D eigenvalue weighted by Crippen LogP contribution is -2.56. The zero-order valence-corrected chi connectivity index (χ0v) is 15.8. The fourth-order valence-corrected chi connectivity index (χ4v) is 3.41. The lowest BCUT2D eigenvalue weighted by molar-refractivity contribution is -0.255. The average Bonchev–Trinajstić information content (AvgIpc) is 2.69. The molecule has 0 radical (unpaired) electrons. The Hall–Kier alpha value is -3.00. The molecular weight excluding hydrogens is 382 g/mol. The van der Waals surface area contributed by atoms with Crippen LogP contribution in [0.1, 0.15) is 42.5 Å². The Kier molecular flexibility index (Phi) is 6.77. The van der Waals surface area contributed by atoms with E-state index in [1.807, 2.05) is 0 Å². The van der Waals surface area contributed by atoms with Gasteiger partial charge in [0.05, 0.1) is 5.56 Å². The SMILES string of the molecule is [NH3+]C(=O)c1cccc(-c2cc(OC(=O)NC3CCCCC3)ccc2OC(F)F)c1. The van der Waals surface area contributed by atoms with Crippen molar-refractivity contribution in [3.8, 4) is 22.6 Å². The van der Waals surface area contributed by atoms with Crippen molar-refractivity contribution >= 4 is 12.0 Å². The maximum atomic E-state index is 12.8. The summed E-state index contributed by atoms with van der Waals surface area (Å²) in [5.41, 5.74) is 4.43. The second-order valence-electron chi connectivity index (χ2n) is 6.91. The third-order valence-electron chi connectivity index (χ3n) is 4.80. The van der Waals surface area contributed by atoms with Crippen molar-refractivity contribution in [1.82, 2.24) is 5.32 Å². The first kappa shape index (κ1) is 20.7. The van der Waals surface area contributed by atoms with Crippen LogP contribution < -0.4 is 20.5 Å². The largest absolute Gasteiger partial charge is 0.434 e. The van der Waals surface area contributed by atoms with E-state index in [1.54, 1.807) is 18.2 Å². The van der Waals surface area contributed by atoms with Gasteiger partial charge in [0, 0.05) is 11.6 Å². The number of alkyl halides is 2. The van der Waals surface area contributed by atoms with Crippen LogP contribution in [-0.4, -0.2) is 24.7 Å². The van der Waals surface area contributed by atoms with Gasteiger partial charge in [0.25, 0.3) is 0 Å². The summed E-state index contributed by atoms with van der Waals surface area (Å²) in [6.07, 6.45) is 4.52. The third-order valence-corrected chi connectivity index (χ3v) is 4.80. The standard InChI is InChI=1S/C21H22F2N2O4/c22-20(23)29-18-10-9-16(28-21(27)25-15-7-2-1-3-8-15)12-17(18)13-5-4-6-14(11-13)19(24)26/h4-6,9-12,15,20H,1-3,7-8H2,(H2,24,26)(H,25,27)/p+1. The molecule has 0 atom stereocenters. The molecule has 0 bridgehead atoms. The van der Waals surface area contributed by atoms with Gasteiger partial charge in [-0.2, -0.15) is 8.78 Å². The number of hydrogen-bond acceptors (Lipinski definition) is 4. The van der Waals surface area contributed by atoms with Crippen molar-refractivity contribution in [2.24, 2.45) is 0 Å². The van der Waals surface area contributed by atoms with Gasteiger partial charge in [0.1, 0.15) is 11.5 Å². The number of carbonyl (C=O) groups excluding carboxylic acids is 2. The Morgan fingerprint density at radius 2 is 1.83 bits per heavy atom. The Morgan fingerprint density at radius 1 is 1.07 bits per heavy atom. The number of amides is 2. The lowest BCUT2D eigenvalue weighted by atomic mass is 9.96. The Morgan fingerprint density at radius 3 is 2.52 bits per heavy atom. The van der Waals surface area contributed by atoms with Gasteiger partial charge in [0.2, 0.25) is 0 Å². The van der Waals surface area contributed by atoms with E-state index in [2.05, 4.69) is 15.8 Å². The zero-order valence-electron chi connectivity index (χ0n) is 15.8. The number of hydrogen-bond donors (Lipinski definition) is 2. The molecule has 6 nitrogen and oxygen atoms in total. The van der Waals surface area contributed by atoms with Crippen LogP contribution in [0.15, 0.2) is 42.5 Å². The summed E-state index contributed by atoms with van der Waals surface area (Å²) in [5, 5.41) is 2.83. The molecule has 0 heterocycles. The van der Waals surface area contributed by atoms with Crippen LogP contribution in [0, 0.1) is 0 Å². The molecule has 3 rings (SSSR count). The number of rotatable bonds is 6. The molecule has 4 N–H and O–H groups in total. The van der Waals surface area contributed by atoms with E-state index in [9.17, 15) is 18.4 Å². The molecule has 2 aromatic rings. The summed E-state index contributed by atoms with van der Waals surface area (Å²) in [4.78, 5) is 23.8. The van der Waals surface area contributed by atoms with Gasteiger partial charge in [-0.3, -0.25) is 5.73 Å². The normalized spacial score (nSPS) is 14.5. The molecule has 0 saturated heterocycles. The summed E-state index contributed by atoms with van der Waals surface area (Å²) in [6.45, 7) is -3.02. The van der Waals surface area contributed by atoms with E-state index in [-0.39, 0.29) is 23.1 Å². The average molecular weight is 405 g/mol. The molecule has 1 aliphatic rings. The van der Waals surface area contributed by atoms with Gasteiger partial charge < -0.3 is 14.8 Å². The third kappa shape index (κ3) is 5.74. The highest BCUT2D eigenvalue weighted by Crippen LogP contribution is 2.35. The second kappa shape index (κ2) is 9.47. The predicted molar refractivity (Wildman–Crippen MR) is 102 cm³/mol. The van der Waals surface area contributed by atoms with Crippen LogP contribution in [0.4, 0.5) is 13.6 Å². The maximum absolute atomic E-state index is 12.8. The number of halogens is 2. The van der Waals surface area contributed by atoms with Crippen LogP contribution >= 0.6 is 0 Å². The molecule has 1 aliphatic carbocycles. The van der Waals surface area contributed by atoms with E-state index in [0.717, 1.165) is 32.1 Å². The highest BCUT2D eigenvalue weighted by Gasteiger charge is 2.19. The fourth-order valence-electron chi connectivity index (χ4n) is 3.41. The molecule has 0 aliphatic heterocycles. The minimum absolute atomic E-state index is 0.0805. The number of ether oxygens (including phenoxy) is 2. The van der Waals surface area contributed by atoms with Gasteiger partial charge in [-0.05, 0) is 48.7 Å². The maximum Gasteiger partial charge on any atom is 0.412 e. The van der Waals surface area contributed by atoms with Gasteiger partial charge in [-0.15, -0.1) is 0 Å². The summed E-state index contributed by atoms with van der Waals surface area (Å²) >= 11 is 0. The number of benzene rings is 2. The first-order valence-corrected chi connectivity index (χ1v) is 9.46. The summed E-state index contributed by atoms with van der Waals surface area (Å²) in [6, 6.07) is 10.6. The molecule has 2 aromatic carbocycles. The molecule has 0 aromatic heterocycles. The van der Waals surface area contributed by atoms with Crippen molar-refractivity contribution in [3.63, 3.8) is 0 Å². The van der Waals surface area contributed by atoms with E-state index >= 15 is 0 Å². The smallest absolute Gasteiger partial charge is 0.412 e. The Balaban J connectivity index is 1.84. The molecule has 0 unspecified atom stereocenters. The number of quaternary nitrogens is 1. The predicted octanol–water partition coefficient (Wildman–Crippen LogP) is 3.76. The van der Waals surface area contributed by atoms with Crippen LogP contribution in [0.3, 0.4) is 0 Å². The zero-order chi connectivity index (χ0) is 20.8. The van der Waals surface area contributed by atoms with E-state index in [1.165, 1.54) is 24.3 Å². The highest BCUT2D eigenvalue weighted by atomic mass is 19.3. The quantitative estimate of drug-likeness (QED) is 0.765. The summed E-state index contributed by atoms with van der Waals surface area (Å²) in [5.74, 6) is -0.308. The van der Waals surface area contributed by atoms with Crippen molar-refractivity contribution < 1.29 is 33.6 Å². The first-order valence-electron chi connectivity index (χ1n) is 9.46. The number of carbonyl (C=O) groups is 2. The lowest BCUT2D eigenvalue weighted by Gasteiger charge is -2.22. The van der Waals surface area contributed by atoms with Crippen LogP contribution in [0.2, 0.25) is 0 Å². The Labute approximate surface area is 167 Å². The molecule has 2 amide bonds. The summed E-state index contributed by atoms with van der Waals surface area (Å²) in [7, 11) is 0. The van der Waals surface area contributed by atoms with Crippen molar-refractivity contribution in [1.29, 1.82) is 0 Å². The van der Waals surface area contributed by atoms with Crippen LogP contribution in [0.5, 0.6) is 11.5 Å². The molecular formula is C21H23F2N2O4+. The minimum atomic E-state index is -3.02. The highest BCUT2D eigenvalue weighted by molar-refractivity contribution is 5.88. The molecule has 0 spiro atoms. The van der Waals surface area contributed by atoms with Gasteiger partial charge in [-0.1, -0.05) is 31.4 Å². The molecule has 8 heteroatoms. The van der Waals surface area contributed by atoms with E-state index in [4.69, 9.17) is 4.74 Å². The summed E-state index contributed by atoms with van der Waals surface area (Å²) < 4.78 is 35.6. The van der Waals surface area contributed by atoms with E-state index < -0.39 is 18.6 Å². The first-order chi connectivity index (χ1) is 13.9. The molecule has 29 heavy (non-hydrogen) atoms. The van der Waals surface area contributed by atoms with Crippen molar-refractivity contribution in [2.75, 3.05) is 0 Å². The topological polar surface area (TPSA) is 92.3 Å². The van der Waals surface area contributed by atoms with Crippen molar-refractivity contribution in [2.45, 2.75) is 44.8 Å². The molecule has 154 valence electrons. The van der Waals surface area contributed by atoms with Crippen molar-refractivity contribution in [3.05, 3.63) is 48.0 Å². The fraction of sp³-hybridized carbons (Fsp3) is 0.333. The van der Waals surface area contributed by atoms with Crippen LogP contribution in [0.25, 0.3) is 11.1 Å². The van der Waals surface area contributed by atoms with Gasteiger partial charge in [0.15, 0.2) is 0 Å². The Bertz CT molecular complexity index is 883. The van der Waals surface area contributed by atoms with E-state index in [0.29, 0.717) is 11.1 Å². The molecule has 1 fully saturated rings. The monoisotopic (exact) mass is 405 g/mol. The van der Waals surface area contributed by atoms with Gasteiger partial charge in [-0.25, -0.2) is 9.59 Å². The second-order valence-corrected chi connectivity index (χ2v) is 6.91. The minimum Gasteiger partial charge on any atom is -0.434 e. The van der Waals surface area contributed by atoms with Crippen LogP contribution in [-0.2, 0) is 0 Å².